The zero-order valence-electron chi connectivity index (χ0n) is 14.8. The van der Waals surface area contributed by atoms with Crippen molar-refractivity contribution >= 4 is 22.3 Å². The van der Waals surface area contributed by atoms with Crippen LogP contribution in [0, 0.1) is 0 Å². The molecule has 1 aromatic rings. The SMILES string of the molecule is CC(C)N(O)C=c1ccc(S(=O)(=O)N2CCN(C)CC2)c2c1=NC=C2. The number of hydroxylamine groups is 2. The first-order valence-electron chi connectivity index (χ1n) is 8.36. The van der Waals surface area contributed by atoms with Gasteiger partial charge in [0.15, 0.2) is 0 Å². The monoisotopic (exact) mass is 364 g/mol. The molecule has 8 heteroatoms. The van der Waals surface area contributed by atoms with Crippen LogP contribution in [-0.4, -0.2) is 67.2 Å². The minimum absolute atomic E-state index is 0.0845. The highest BCUT2D eigenvalue weighted by Gasteiger charge is 2.30. The smallest absolute Gasteiger partial charge is 0.243 e. The van der Waals surface area contributed by atoms with Gasteiger partial charge in [0.1, 0.15) is 0 Å². The number of nitrogens with zero attached hydrogens (tertiary/aromatic N) is 4. The molecule has 0 aliphatic carbocycles. The standard InChI is InChI=1S/C17H24N4O3S/c1-13(2)21(22)12-14-4-5-16(15-6-7-18-17(14)15)25(23,24)20-10-8-19(3)9-11-20/h4-7,12-13,22H,8-11H2,1-3H3. The van der Waals surface area contributed by atoms with Crippen LogP contribution in [0.2, 0.25) is 0 Å². The van der Waals surface area contributed by atoms with Crippen molar-refractivity contribution in [2.45, 2.75) is 24.8 Å². The second-order valence-corrected chi connectivity index (χ2v) is 8.58. The van der Waals surface area contributed by atoms with Crippen LogP contribution >= 0.6 is 0 Å². The van der Waals surface area contributed by atoms with E-state index in [2.05, 4.69) is 9.89 Å². The summed E-state index contributed by atoms with van der Waals surface area (Å²) in [4.78, 5) is 6.69. The van der Waals surface area contributed by atoms with Gasteiger partial charge in [0.05, 0.1) is 16.3 Å². The summed E-state index contributed by atoms with van der Waals surface area (Å²) in [5, 5.41) is 12.3. The van der Waals surface area contributed by atoms with E-state index in [4.69, 9.17) is 0 Å². The van der Waals surface area contributed by atoms with Gasteiger partial charge in [0.2, 0.25) is 10.0 Å². The molecule has 7 nitrogen and oxygen atoms in total. The molecule has 2 heterocycles. The van der Waals surface area contributed by atoms with Crippen molar-refractivity contribution in [3.8, 4) is 0 Å². The van der Waals surface area contributed by atoms with E-state index < -0.39 is 10.0 Å². The van der Waals surface area contributed by atoms with E-state index in [1.807, 2.05) is 20.9 Å². The Hall–Kier alpha value is -1.74. The van der Waals surface area contributed by atoms with Crippen molar-refractivity contribution in [3.05, 3.63) is 34.5 Å². The van der Waals surface area contributed by atoms with Crippen LogP contribution in [-0.2, 0) is 10.0 Å². The van der Waals surface area contributed by atoms with Gasteiger partial charge in [-0.15, -0.1) is 0 Å². The van der Waals surface area contributed by atoms with Crippen LogP contribution in [0.4, 0.5) is 0 Å². The van der Waals surface area contributed by atoms with Gasteiger partial charge in [-0.2, -0.15) is 4.31 Å². The van der Waals surface area contributed by atoms with Crippen molar-refractivity contribution in [2.75, 3.05) is 33.2 Å². The van der Waals surface area contributed by atoms with E-state index in [-0.39, 0.29) is 10.9 Å². The molecule has 0 saturated carbocycles. The zero-order chi connectivity index (χ0) is 18.2. The average molecular weight is 364 g/mol. The van der Waals surface area contributed by atoms with Crippen LogP contribution < -0.4 is 10.6 Å². The van der Waals surface area contributed by atoms with Crippen molar-refractivity contribution in [2.24, 2.45) is 4.99 Å². The fourth-order valence-electron chi connectivity index (χ4n) is 2.89. The molecule has 0 amide bonds. The lowest BCUT2D eigenvalue weighted by Crippen LogP contribution is -2.47. The molecule has 1 N–H and O–H groups in total. The molecule has 25 heavy (non-hydrogen) atoms. The van der Waals surface area contributed by atoms with E-state index in [9.17, 15) is 13.6 Å². The maximum absolute atomic E-state index is 13.1. The van der Waals surface area contributed by atoms with E-state index in [0.717, 1.165) is 18.2 Å². The Morgan fingerprint density at radius 1 is 1.24 bits per heavy atom. The Bertz CT molecular complexity index is 901. The van der Waals surface area contributed by atoms with Gasteiger partial charge >= 0.3 is 0 Å². The van der Waals surface area contributed by atoms with Gasteiger partial charge < -0.3 is 4.90 Å². The van der Waals surface area contributed by atoms with Gasteiger partial charge in [-0.1, -0.05) is 0 Å². The molecule has 0 radical (unpaired) electrons. The first kappa shape index (κ1) is 18.1. The molecule has 1 aromatic carbocycles. The second-order valence-electron chi connectivity index (χ2n) is 6.67. The minimum atomic E-state index is -3.57. The van der Waals surface area contributed by atoms with E-state index in [1.165, 1.54) is 4.31 Å². The molecule has 0 atom stereocenters. The van der Waals surface area contributed by atoms with Gasteiger partial charge in [-0.3, -0.25) is 15.3 Å². The van der Waals surface area contributed by atoms with Crippen molar-refractivity contribution in [1.82, 2.24) is 14.3 Å². The zero-order valence-corrected chi connectivity index (χ0v) is 15.6. The number of piperazine rings is 1. The van der Waals surface area contributed by atoms with Gasteiger partial charge in [-0.25, -0.2) is 8.42 Å². The van der Waals surface area contributed by atoms with Crippen LogP contribution in [0.5, 0.6) is 0 Å². The molecule has 0 spiro atoms. The number of benzene rings is 1. The fraction of sp³-hybridized carbons (Fsp3) is 0.471. The summed E-state index contributed by atoms with van der Waals surface area (Å²) in [6, 6.07) is 3.22. The van der Waals surface area contributed by atoms with Crippen molar-refractivity contribution in [3.63, 3.8) is 0 Å². The van der Waals surface area contributed by atoms with E-state index in [1.54, 1.807) is 30.6 Å². The van der Waals surface area contributed by atoms with Crippen LogP contribution in [0.25, 0.3) is 12.3 Å². The molecular weight excluding hydrogens is 340 g/mol. The Morgan fingerprint density at radius 2 is 1.92 bits per heavy atom. The highest BCUT2D eigenvalue weighted by atomic mass is 32.2. The Morgan fingerprint density at radius 3 is 2.56 bits per heavy atom. The average Bonchev–Trinajstić information content (AvgIpc) is 3.05. The lowest BCUT2D eigenvalue weighted by atomic mass is 10.2. The summed E-state index contributed by atoms with van der Waals surface area (Å²) in [6.07, 6.45) is 4.89. The molecular formula is C17H24N4O3S. The van der Waals surface area contributed by atoms with E-state index in [0.29, 0.717) is 29.2 Å². The molecule has 2 aliphatic heterocycles. The molecule has 1 saturated heterocycles. The topological polar surface area (TPSA) is 76.5 Å². The molecule has 0 aromatic heterocycles. The van der Waals surface area contributed by atoms with Crippen molar-refractivity contribution in [1.29, 1.82) is 0 Å². The number of likely N-dealkylation sites (N-methyl/N-ethyl adjacent to an activating group) is 1. The Labute approximate surface area is 148 Å². The summed E-state index contributed by atoms with van der Waals surface area (Å²) in [5.41, 5.74) is 0.588. The Kier molecular flexibility index (Phi) is 4.97. The molecule has 1 fully saturated rings. The predicted molar refractivity (Wildman–Crippen MR) is 95.7 cm³/mol. The third-order valence-corrected chi connectivity index (χ3v) is 6.49. The van der Waals surface area contributed by atoms with Crippen LogP contribution in [0.3, 0.4) is 0 Å². The van der Waals surface area contributed by atoms with Crippen LogP contribution in [0.1, 0.15) is 19.4 Å². The minimum Gasteiger partial charge on any atom is -0.304 e. The highest BCUT2D eigenvalue weighted by Crippen LogP contribution is 2.21. The maximum atomic E-state index is 13.1. The molecule has 136 valence electrons. The molecule has 2 aliphatic rings. The largest absolute Gasteiger partial charge is 0.304 e. The Balaban J connectivity index is 2.04. The number of sulfonamides is 1. The van der Waals surface area contributed by atoms with Crippen LogP contribution in [0.15, 0.2) is 28.2 Å². The normalized spacial score (nSPS) is 19.3. The summed E-state index contributed by atoms with van der Waals surface area (Å²) in [6.45, 7) is 6.14. The highest BCUT2D eigenvalue weighted by molar-refractivity contribution is 7.89. The fourth-order valence-corrected chi connectivity index (χ4v) is 4.49. The number of hydrogen-bond donors (Lipinski definition) is 1. The summed E-state index contributed by atoms with van der Waals surface area (Å²) < 4.78 is 27.6. The van der Waals surface area contributed by atoms with E-state index >= 15 is 0 Å². The number of fused-ring (bicyclic) bond motifs is 1. The summed E-state index contributed by atoms with van der Waals surface area (Å²) in [5.74, 6) is 0. The quantitative estimate of drug-likeness (QED) is 0.765. The number of rotatable bonds is 4. The first-order chi connectivity index (χ1) is 11.8. The lowest BCUT2D eigenvalue weighted by Gasteiger charge is -2.31. The summed E-state index contributed by atoms with van der Waals surface area (Å²) in [7, 11) is -1.58. The lowest BCUT2D eigenvalue weighted by molar-refractivity contribution is -0.0478. The molecule has 0 unspecified atom stereocenters. The van der Waals surface area contributed by atoms with Gasteiger partial charge in [-0.05, 0) is 39.1 Å². The predicted octanol–water partition coefficient (Wildman–Crippen LogP) is 0.0642. The third-order valence-electron chi connectivity index (χ3n) is 4.53. The number of hydrogen-bond acceptors (Lipinski definition) is 6. The maximum Gasteiger partial charge on any atom is 0.243 e. The third kappa shape index (κ3) is 3.48. The first-order valence-corrected chi connectivity index (χ1v) is 9.80. The summed E-state index contributed by atoms with van der Waals surface area (Å²) >= 11 is 0. The molecule has 3 rings (SSSR count). The second kappa shape index (κ2) is 6.87. The molecule has 0 bridgehead atoms. The van der Waals surface area contributed by atoms with Gasteiger partial charge in [0.25, 0.3) is 0 Å². The van der Waals surface area contributed by atoms with Crippen molar-refractivity contribution < 1.29 is 13.6 Å². The van der Waals surface area contributed by atoms with Gasteiger partial charge in [0, 0.05) is 49.4 Å².